The minimum absolute atomic E-state index is 0.0858. The number of carbonyl (C=O) groups is 1. The van der Waals surface area contributed by atoms with Crippen LogP contribution >= 0.6 is 0 Å². The Kier molecular flexibility index (Phi) is 2.52. The lowest BCUT2D eigenvalue weighted by atomic mass is 10.0. The molecule has 2 fully saturated rings. The number of hydrogen-bond donors (Lipinski definition) is 1. The van der Waals surface area contributed by atoms with Gasteiger partial charge < -0.3 is 4.90 Å². The molecule has 1 amide bonds. The summed E-state index contributed by atoms with van der Waals surface area (Å²) in [7, 11) is 0. The molecule has 14 heavy (non-hydrogen) atoms. The van der Waals surface area contributed by atoms with Gasteiger partial charge in [0.2, 0.25) is 5.91 Å². The molecule has 1 atom stereocenters. The maximum absolute atomic E-state index is 11.8. The summed E-state index contributed by atoms with van der Waals surface area (Å²) in [5.74, 6) is 0.312. The molecule has 80 valence electrons. The fourth-order valence-electron chi connectivity index (χ4n) is 2.26. The largest absolute Gasteiger partial charge is 0.328 e. The summed E-state index contributed by atoms with van der Waals surface area (Å²) in [6.07, 6.45) is 4.75. The molecule has 2 aliphatic rings. The predicted molar refractivity (Wildman–Crippen MR) is 55.8 cm³/mol. The molecule has 0 radical (unpaired) electrons. The number of nitrogens with one attached hydrogen (secondary N) is 1. The molecule has 3 nitrogen and oxygen atoms in total. The van der Waals surface area contributed by atoms with Crippen molar-refractivity contribution in [3.8, 4) is 0 Å². The van der Waals surface area contributed by atoms with E-state index in [1.807, 2.05) is 4.90 Å². The molecule has 1 unspecified atom stereocenters. The second-order valence-corrected chi connectivity index (χ2v) is 4.71. The zero-order chi connectivity index (χ0) is 10.2. The quantitative estimate of drug-likeness (QED) is 0.736. The van der Waals surface area contributed by atoms with Crippen LogP contribution in [0.25, 0.3) is 0 Å². The summed E-state index contributed by atoms with van der Waals surface area (Å²) in [5.41, 5.74) is 0.486. The first kappa shape index (κ1) is 9.97. The first-order valence-electron chi connectivity index (χ1n) is 5.73. The summed E-state index contributed by atoms with van der Waals surface area (Å²) < 4.78 is 0. The third-order valence-electron chi connectivity index (χ3n) is 3.78. The maximum Gasteiger partial charge on any atom is 0.240 e. The standard InChI is InChI=1S/C11H20N2O/c1-3-9-10(14)13(8-12-9)7-11(4-2)5-6-11/h9,12H,3-8H2,1-2H3. The lowest BCUT2D eigenvalue weighted by molar-refractivity contribution is -0.129. The molecule has 2 rings (SSSR count). The molecular weight excluding hydrogens is 176 g/mol. The highest BCUT2D eigenvalue weighted by Crippen LogP contribution is 2.49. The van der Waals surface area contributed by atoms with E-state index in [4.69, 9.17) is 0 Å². The fourth-order valence-corrected chi connectivity index (χ4v) is 2.26. The Morgan fingerprint density at radius 1 is 1.50 bits per heavy atom. The molecule has 1 N–H and O–H groups in total. The van der Waals surface area contributed by atoms with Gasteiger partial charge in [-0.25, -0.2) is 0 Å². The van der Waals surface area contributed by atoms with Crippen molar-refractivity contribution in [1.29, 1.82) is 0 Å². The Hall–Kier alpha value is -0.570. The second kappa shape index (κ2) is 3.54. The summed E-state index contributed by atoms with van der Waals surface area (Å²) in [5, 5.41) is 3.26. The van der Waals surface area contributed by atoms with Gasteiger partial charge in [0.05, 0.1) is 12.7 Å². The van der Waals surface area contributed by atoms with Gasteiger partial charge in [0.25, 0.3) is 0 Å². The van der Waals surface area contributed by atoms with Crippen LogP contribution in [0.4, 0.5) is 0 Å². The molecular formula is C11H20N2O. The molecule has 3 heteroatoms. The van der Waals surface area contributed by atoms with Crippen molar-refractivity contribution in [3.05, 3.63) is 0 Å². The Morgan fingerprint density at radius 2 is 2.21 bits per heavy atom. The third-order valence-corrected chi connectivity index (χ3v) is 3.78. The van der Waals surface area contributed by atoms with Gasteiger partial charge in [0.1, 0.15) is 0 Å². The Balaban J connectivity index is 1.91. The Labute approximate surface area is 85.8 Å². The van der Waals surface area contributed by atoms with Crippen LogP contribution in [0, 0.1) is 5.41 Å². The Bertz CT molecular complexity index is 235. The summed E-state index contributed by atoms with van der Waals surface area (Å²) in [6.45, 7) is 6.04. The van der Waals surface area contributed by atoms with Crippen LogP contribution in [0.5, 0.6) is 0 Å². The van der Waals surface area contributed by atoms with Crippen molar-refractivity contribution in [2.45, 2.75) is 45.6 Å². The van der Waals surface area contributed by atoms with E-state index in [-0.39, 0.29) is 6.04 Å². The van der Waals surface area contributed by atoms with Crippen molar-refractivity contribution >= 4 is 5.91 Å². The molecule has 0 aromatic carbocycles. The zero-order valence-corrected chi connectivity index (χ0v) is 9.18. The van der Waals surface area contributed by atoms with Crippen LogP contribution in [-0.2, 0) is 4.79 Å². The third kappa shape index (κ3) is 1.65. The first-order valence-corrected chi connectivity index (χ1v) is 5.73. The van der Waals surface area contributed by atoms with Crippen LogP contribution < -0.4 is 5.32 Å². The Morgan fingerprint density at radius 3 is 2.64 bits per heavy atom. The molecule has 1 aliphatic carbocycles. The van der Waals surface area contributed by atoms with Crippen molar-refractivity contribution in [3.63, 3.8) is 0 Å². The van der Waals surface area contributed by atoms with E-state index in [1.165, 1.54) is 19.3 Å². The lowest BCUT2D eigenvalue weighted by Crippen LogP contribution is -2.34. The van der Waals surface area contributed by atoms with Crippen LogP contribution in [0.2, 0.25) is 0 Å². The number of carbonyl (C=O) groups excluding carboxylic acids is 1. The van der Waals surface area contributed by atoms with Crippen LogP contribution in [-0.4, -0.2) is 30.1 Å². The van der Waals surface area contributed by atoms with Gasteiger partial charge in [0, 0.05) is 6.54 Å². The van der Waals surface area contributed by atoms with Crippen molar-refractivity contribution in [1.82, 2.24) is 10.2 Å². The van der Waals surface area contributed by atoms with Gasteiger partial charge in [-0.1, -0.05) is 13.8 Å². The van der Waals surface area contributed by atoms with Crippen LogP contribution in [0.1, 0.15) is 39.5 Å². The number of amides is 1. The number of hydrogen-bond acceptors (Lipinski definition) is 2. The molecule has 0 spiro atoms. The van der Waals surface area contributed by atoms with Gasteiger partial charge in [0.15, 0.2) is 0 Å². The average Bonchev–Trinajstić information content (AvgIpc) is 2.89. The molecule has 1 heterocycles. The highest BCUT2D eigenvalue weighted by molar-refractivity contribution is 5.83. The summed E-state index contributed by atoms with van der Waals surface area (Å²) in [6, 6.07) is 0.0858. The van der Waals surface area contributed by atoms with E-state index in [0.717, 1.165) is 19.6 Å². The van der Waals surface area contributed by atoms with E-state index in [1.54, 1.807) is 0 Å². The zero-order valence-electron chi connectivity index (χ0n) is 9.18. The number of nitrogens with zero attached hydrogens (tertiary/aromatic N) is 1. The monoisotopic (exact) mass is 196 g/mol. The van der Waals surface area contributed by atoms with Crippen LogP contribution in [0.15, 0.2) is 0 Å². The van der Waals surface area contributed by atoms with E-state index in [0.29, 0.717) is 11.3 Å². The minimum atomic E-state index is 0.0858. The van der Waals surface area contributed by atoms with Gasteiger partial charge in [-0.2, -0.15) is 0 Å². The van der Waals surface area contributed by atoms with Crippen LogP contribution in [0.3, 0.4) is 0 Å². The van der Waals surface area contributed by atoms with Gasteiger partial charge in [-0.3, -0.25) is 10.1 Å². The fraction of sp³-hybridized carbons (Fsp3) is 0.909. The minimum Gasteiger partial charge on any atom is -0.328 e. The second-order valence-electron chi connectivity index (χ2n) is 4.71. The van der Waals surface area contributed by atoms with E-state index < -0.39 is 0 Å². The lowest BCUT2D eigenvalue weighted by Gasteiger charge is -2.21. The van der Waals surface area contributed by atoms with Crippen molar-refractivity contribution in [2.24, 2.45) is 5.41 Å². The predicted octanol–water partition coefficient (Wildman–Crippen LogP) is 1.34. The van der Waals surface area contributed by atoms with E-state index in [2.05, 4.69) is 19.2 Å². The highest BCUT2D eigenvalue weighted by atomic mass is 16.2. The average molecular weight is 196 g/mol. The van der Waals surface area contributed by atoms with Crippen molar-refractivity contribution in [2.75, 3.05) is 13.2 Å². The molecule has 0 aromatic rings. The molecule has 1 saturated heterocycles. The summed E-state index contributed by atoms with van der Waals surface area (Å²) >= 11 is 0. The molecule has 0 bridgehead atoms. The smallest absolute Gasteiger partial charge is 0.240 e. The van der Waals surface area contributed by atoms with Gasteiger partial charge >= 0.3 is 0 Å². The molecule has 1 saturated carbocycles. The van der Waals surface area contributed by atoms with Crippen molar-refractivity contribution < 1.29 is 4.79 Å². The highest BCUT2D eigenvalue weighted by Gasteiger charge is 2.44. The molecule has 0 aromatic heterocycles. The van der Waals surface area contributed by atoms with Gasteiger partial charge in [-0.15, -0.1) is 0 Å². The van der Waals surface area contributed by atoms with E-state index in [9.17, 15) is 4.79 Å². The topological polar surface area (TPSA) is 32.3 Å². The summed E-state index contributed by atoms with van der Waals surface area (Å²) in [4.78, 5) is 13.8. The van der Waals surface area contributed by atoms with Gasteiger partial charge in [-0.05, 0) is 31.1 Å². The van der Waals surface area contributed by atoms with E-state index >= 15 is 0 Å². The maximum atomic E-state index is 11.8. The normalized spacial score (nSPS) is 29.7. The molecule has 1 aliphatic heterocycles. The SMILES string of the molecule is CCC1NCN(CC2(CC)CC2)C1=O. The first-order chi connectivity index (χ1) is 6.71. The number of rotatable bonds is 4.